The summed E-state index contributed by atoms with van der Waals surface area (Å²) in [5.74, 6) is -0.165. The number of carbonyl (C=O) groups excluding carboxylic acids is 5. The van der Waals surface area contributed by atoms with Crippen LogP contribution in [0.3, 0.4) is 0 Å². The van der Waals surface area contributed by atoms with Crippen molar-refractivity contribution in [3.63, 3.8) is 0 Å². The van der Waals surface area contributed by atoms with E-state index in [1.165, 1.54) is 7.11 Å². The zero-order chi connectivity index (χ0) is 46.4. The predicted molar refractivity (Wildman–Crippen MR) is 249 cm³/mol. The van der Waals surface area contributed by atoms with Gasteiger partial charge in [0, 0.05) is 12.5 Å². The molecule has 63 heavy (non-hydrogen) atoms. The molecule has 0 aromatic heterocycles. The predicted octanol–water partition coefficient (Wildman–Crippen LogP) is 6.05. The summed E-state index contributed by atoms with van der Waals surface area (Å²) in [6.07, 6.45) is 7.30. The van der Waals surface area contributed by atoms with Crippen molar-refractivity contribution in [2.45, 2.75) is 202 Å². The van der Waals surface area contributed by atoms with Crippen LogP contribution in [0.15, 0.2) is 0 Å². The highest BCUT2D eigenvalue weighted by atomic mass is 35.5. The van der Waals surface area contributed by atoms with E-state index < -0.39 is 54.1 Å². The lowest BCUT2D eigenvalue weighted by Gasteiger charge is -2.63. The third kappa shape index (κ3) is 13.3. The Labute approximate surface area is 385 Å². The van der Waals surface area contributed by atoms with Crippen LogP contribution < -0.4 is 27.0 Å². The molecule has 4 fully saturated rings. The minimum absolute atomic E-state index is 0. The highest BCUT2D eigenvalue weighted by Crippen LogP contribution is 2.68. The van der Waals surface area contributed by atoms with Crippen LogP contribution >= 0.6 is 12.4 Å². The SMILES string of the molecule is COC(=O)CC[C@@H](C)[C@H]1CCC2C3C(C[C@H](O)[C@@]21C)[C@@]1(C)CC[C@H](NC(=O)[C@H](CC(C)C)NC(=O)[C@H](CC(C)C)NC(=O)[C@H](CC(C)C)NC(=O)[C@@H](N)CC(C)C)C[C@H]1C[C@H]3O.Cl. The summed E-state index contributed by atoms with van der Waals surface area (Å²) in [6, 6.07) is -3.49. The molecule has 0 saturated heterocycles. The van der Waals surface area contributed by atoms with Gasteiger partial charge in [-0.15, -0.1) is 12.4 Å². The van der Waals surface area contributed by atoms with Gasteiger partial charge < -0.3 is 42.0 Å². The van der Waals surface area contributed by atoms with Crippen LogP contribution in [0.5, 0.6) is 0 Å². The Kier molecular flexibility index (Phi) is 20.3. The molecule has 4 saturated carbocycles. The first kappa shape index (κ1) is 54.9. The summed E-state index contributed by atoms with van der Waals surface area (Å²) in [5, 5.41) is 36.1. The second kappa shape index (κ2) is 23.3. The number of hydrogen-bond donors (Lipinski definition) is 7. The van der Waals surface area contributed by atoms with E-state index in [2.05, 4.69) is 42.0 Å². The van der Waals surface area contributed by atoms with E-state index in [-0.39, 0.29) is 100 Å². The average molecular weight is 911 g/mol. The highest BCUT2D eigenvalue weighted by molar-refractivity contribution is 5.94. The van der Waals surface area contributed by atoms with Crippen molar-refractivity contribution in [1.82, 2.24) is 21.3 Å². The normalized spacial score (nSPS) is 32.6. The molecule has 4 amide bonds. The van der Waals surface area contributed by atoms with Crippen molar-refractivity contribution in [2.75, 3.05) is 7.11 Å². The lowest BCUT2D eigenvalue weighted by molar-refractivity contribution is -0.202. The number of carbonyl (C=O) groups is 5. The van der Waals surface area contributed by atoms with E-state index in [9.17, 15) is 34.2 Å². The molecule has 0 bridgehead atoms. The number of rotatable bonds is 20. The lowest BCUT2D eigenvalue weighted by Crippen LogP contribution is -2.63. The summed E-state index contributed by atoms with van der Waals surface area (Å²) in [7, 11) is 1.42. The number of aliphatic hydroxyl groups is 2. The van der Waals surface area contributed by atoms with Crippen LogP contribution in [-0.4, -0.2) is 89.3 Å². The standard InChI is InChI=1S/C49H87N5O8.ClH/c1-26(2)19-36(50)44(58)52-38(21-28(5)6)46(60)54-39(22-29(7)8)47(61)53-37(20-27(3)4)45(59)51-32-17-18-48(10)31(23-32)24-40(55)43-34-15-14-33(30(9)13-16-42(57)62-12)49(34,11)41(56)25-35(43)48;/h26-41,43,55-56H,13-25,50H2,1-12H3,(H,51,59)(H,52,58)(H,53,61)(H,54,60);1H/t30-,31+,32+,33-,34?,35?,36+,37+,38+,39+,40-,41+,43?,48+,49-;/m1./s1. The van der Waals surface area contributed by atoms with Gasteiger partial charge in [0.15, 0.2) is 0 Å². The van der Waals surface area contributed by atoms with E-state index in [4.69, 9.17) is 10.5 Å². The molecule has 4 aliphatic rings. The summed E-state index contributed by atoms with van der Waals surface area (Å²) < 4.78 is 4.91. The fraction of sp³-hybridized carbons (Fsp3) is 0.898. The Morgan fingerprint density at radius 3 is 1.70 bits per heavy atom. The number of aliphatic hydroxyl groups excluding tert-OH is 2. The van der Waals surface area contributed by atoms with Gasteiger partial charge in [0.1, 0.15) is 18.1 Å². The van der Waals surface area contributed by atoms with Crippen LogP contribution in [-0.2, 0) is 28.7 Å². The molecule has 364 valence electrons. The highest BCUT2D eigenvalue weighted by Gasteiger charge is 2.65. The number of ether oxygens (including phenoxy) is 1. The van der Waals surface area contributed by atoms with Gasteiger partial charge in [-0.25, -0.2) is 0 Å². The molecule has 3 unspecified atom stereocenters. The minimum atomic E-state index is -0.918. The second-order valence-corrected chi connectivity index (χ2v) is 22.5. The molecule has 8 N–H and O–H groups in total. The minimum Gasteiger partial charge on any atom is -0.469 e. The smallest absolute Gasteiger partial charge is 0.305 e. The van der Waals surface area contributed by atoms with Gasteiger partial charge in [0.05, 0.1) is 25.4 Å². The largest absolute Gasteiger partial charge is 0.469 e. The molecule has 0 heterocycles. The third-order valence-electron chi connectivity index (χ3n) is 16.0. The Balaban J connectivity index is 0.0000106. The van der Waals surface area contributed by atoms with Crippen LogP contribution in [0, 0.1) is 70.0 Å². The quantitative estimate of drug-likeness (QED) is 0.0709. The molecule has 4 rings (SSSR count). The van der Waals surface area contributed by atoms with Gasteiger partial charge in [-0.05, 0) is 147 Å². The van der Waals surface area contributed by atoms with Crippen LogP contribution in [0.1, 0.15) is 160 Å². The van der Waals surface area contributed by atoms with E-state index in [1.807, 2.05) is 55.4 Å². The summed E-state index contributed by atoms with van der Waals surface area (Å²) >= 11 is 0. The molecule has 0 spiro atoms. The van der Waals surface area contributed by atoms with Crippen molar-refractivity contribution in [3.8, 4) is 0 Å². The molecule has 14 heteroatoms. The van der Waals surface area contributed by atoms with Crippen molar-refractivity contribution in [3.05, 3.63) is 0 Å². The van der Waals surface area contributed by atoms with Gasteiger partial charge in [-0.3, -0.25) is 24.0 Å². The molecule has 0 aliphatic heterocycles. The van der Waals surface area contributed by atoms with Crippen molar-refractivity contribution < 1.29 is 38.9 Å². The molecule has 13 nitrogen and oxygen atoms in total. The monoisotopic (exact) mass is 910 g/mol. The van der Waals surface area contributed by atoms with Crippen LogP contribution in [0.25, 0.3) is 0 Å². The zero-order valence-corrected chi connectivity index (χ0v) is 41.7. The molecule has 0 radical (unpaired) electrons. The summed E-state index contributed by atoms with van der Waals surface area (Å²) in [5.41, 5.74) is 5.73. The van der Waals surface area contributed by atoms with Crippen LogP contribution in [0.4, 0.5) is 0 Å². The Bertz CT molecular complexity index is 1550. The average Bonchev–Trinajstić information content (AvgIpc) is 3.54. The van der Waals surface area contributed by atoms with E-state index >= 15 is 0 Å². The fourth-order valence-corrected chi connectivity index (χ4v) is 12.8. The summed E-state index contributed by atoms with van der Waals surface area (Å²) in [6.45, 7) is 22.6. The lowest BCUT2D eigenvalue weighted by atomic mass is 9.43. The molecule has 0 aromatic rings. The number of nitrogens with one attached hydrogen (secondary N) is 4. The van der Waals surface area contributed by atoms with E-state index in [0.29, 0.717) is 51.4 Å². The van der Waals surface area contributed by atoms with Crippen molar-refractivity contribution in [1.29, 1.82) is 0 Å². The second-order valence-electron chi connectivity index (χ2n) is 22.5. The van der Waals surface area contributed by atoms with E-state index in [1.54, 1.807) is 0 Å². The molecular weight excluding hydrogens is 822 g/mol. The van der Waals surface area contributed by atoms with Gasteiger partial charge in [-0.1, -0.05) is 76.2 Å². The third-order valence-corrected chi connectivity index (χ3v) is 16.0. The van der Waals surface area contributed by atoms with Crippen molar-refractivity contribution >= 4 is 42.0 Å². The maximum Gasteiger partial charge on any atom is 0.305 e. The maximum atomic E-state index is 14.2. The van der Waals surface area contributed by atoms with Gasteiger partial charge in [0.2, 0.25) is 23.6 Å². The first-order chi connectivity index (χ1) is 28.9. The number of fused-ring (bicyclic) bond motifs is 5. The van der Waals surface area contributed by atoms with Gasteiger partial charge >= 0.3 is 5.97 Å². The Hall–Kier alpha value is -2.48. The number of hydrogen-bond acceptors (Lipinski definition) is 9. The molecule has 15 atom stereocenters. The van der Waals surface area contributed by atoms with Crippen LogP contribution in [0.2, 0.25) is 0 Å². The molecule has 4 aliphatic carbocycles. The number of nitrogens with two attached hydrogens (primary N) is 1. The first-order valence-electron chi connectivity index (χ1n) is 24.3. The number of esters is 1. The Morgan fingerprint density at radius 2 is 1.19 bits per heavy atom. The maximum absolute atomic E-state index is 14.2. The first-order valence-corrected chi connectivity index (χ1v) is 24.3. The number of amides is 4. The Morgan fingerprint density at radius 1 is 0.683 bits per heavy atom. The number of methoxy groups -OCH3 is 1. The van der Waals surface area contributed by atoms with Crippen molar-refractivity contribution in [2.24, 2.45) is 75.7 Å². The molecular formula is C49H88ClN5O8. The van der Waals surface area contributed by atoms with E-state index in [0.717, 1.165) is 32.1 Å². The zero-order valence-electron chi connectivity index (χ0n) is 40.8. The number of halogens is 1. The topological polar surface area (TPSA) is 209 Å². The summed E-state index contributed by atoms with van der Waals surface area (Å²) in [4.78, 5) is 67.0. The fourth-order valence-electron chi connectivity index (χ4n) is 12.8. The molecule has 0 aromatic carbocycles. The van der Waals surface area contributed by atoms with Gasteiger partial charge in [-0.2, -0.15) is 0 Å². The van der Waals surface area contributed by atoms with Gasteiger partial charge in [0.25, 0.3) is 0 Å².